The van der Waals surface area contributed by atoms with Gasteiger partial charge in [-0.1, -0.05) is 6.07 Å². The molecular weight excluding hydrogens is 212 g/mol. The van der Waals surface area contributed by atoms with Crippen molar-refractivity contribution >= 4 is 0 Å². The molecule has 2 aromatic rings. The summed E-state index contributed by atoms with van der Waals surface area (Å²) in [5.41, 5.74) is 8.83. The van der Waals surface area contributed by atoms with Gasteiger partial charge in [0.1, 0.15) is 5.69 Å². The second-order valence-electron chi connectivity index (χ2n) is 4.46. The van der Waals surface area contributed by atoms with Crippen molar-refractivity contribution in [1.29, 1.82) is 0 Å². The molecule has 88 valence electrons. The monoisotopic (exact) mass is 228 g/mol. The summed E-state index contributed by atoms with van der Waals surface area (Å²) in [6, 6.07) is 8.06. The third-order valence-corrected chi connectivity index (χ3v) is 3.07. The van der Waals surface area contributed by atoms with Gasteiger partial charge in [0, 0.05) is 24.4 Å². The Kier molecular flexibility index (Phi) is 2.65. The lowest BCUT2D eigenvalue weighted by atomic mass is 10.2. The first kappa shape index (κ1) is 10.5. The highest BCUT2D eigenvalue weighted by atomic mass is 15.3. The van der Waals surface area contributed by atoms with Crippen LogP contribution in [-0.4, -0.2) is 21.3 Å². The van der Waals surface area contributed by atoms with Crippen molar-refractivity contribution in [3.05, 3.63) is 36.2 Å². The van der Waals surface area contributed by atoms with E-state index in [1.54, 1.807) is 6.20 Å². The molecule has 0 bridgehead atoms. The Balaban J connectivity index is 1.98. The Bertz CT molecular complexity index is 499. The number of hydrogen-bond donors (Lipinski definition) is 1. The minimum atomic E-state index is 0.628. The maximum Gasteiger partial charge on any atom is 0.111 e. The van der Waals surface area contributed by atoms with E-state index >= 15 is 0 Å². The van der Waals surface area contributed by atoms with Gasteiger partial charge in [0.25, 0.3) is 0 Å². The van der Waals surface area contributed by atoms with Crippen LogP contribution in [0, 0.1) is 0 Å². The molecule has 3 rings (SSSR count). The topological polar surface area (TPSA) is 56.7 Å². The standard InChI is InChI=1S/C13H16N4/c14-6-8-17-13(10-4-5-10)9-12(16-17)11-3-1-2-7-15-11/h1-3,7,9-10H,4-6,8,14H2. The molecule has 1 fully saturated rings. The van der Waals surface area contributed by atoms with Crippen LogP contribution in [0.1, 0.15) is 24.5 Å². The third-order valence-electron chi connectivity index (χ3n) is 3.07. The van der Waals surface area contributed by atoms with Gasteiger partial charge in [-0.3, -0.25) is 9.67 Å². The Labute approximate surface area is 100 Å². The first-order valence-corrected chi connectivity index (χ1v) is 6.07. The Morgan fingerprint density at radius 1 is 1.29 bits per heavy atom. The number of hydrogen-bond acceptors (Lipinski definition) is 3. The molecule has 17 heavy (non-hydrogen) atoms. The molecule has 0 spiro atoms. The van der Waals surface area contributed by atoms with Crippen molar-refractivity contribution in [2.24, 2.45) is 5.73 Å². The molecular formula is C13H16N4. The number of aromatic nitrogens is 3. The third kappa shape index (κ3) is 2.08. The molecule has 0 radical (unpaired) electrons. The SMILES string of the molecule is NCCn1nc(-c2ccccn2)cc1C1CC1. The van der Waals surface area contributed by atoms with E-state index in [0.717, 1.165) is 17.9 Å². The number of rotatable bonds is 4. The largest absolute Gasteiger partial charge is 0.329 e. The molecule has 2 N–H and O–H groups in total. The number of nitrogens with two attached hydrogens (primary N) is 1. The van der Waals surface area contributed by atoms with Crippen LogP contribution in [-0.2, 0) is 6.54 Å². The van der Waals surface area contributed by atoms with E-state index in [1.165, 1.54) is 18.5 Å². The first-order valence-electron chi connectivity index (χ1n) is 6.07. The van der Waals surface area contributed by atoms with Gasteiger partial charge in [-0.25, -0.2) is 0 Å². The highest BCUT2D eigenvalue weighted by Gasteiger charge is 2.28. The predicted octanol–water partition coefficient (Wildman–Crippen LogP) is 1.78. The summed E-state index contributed by atoms with van der Waals surface area (Å²) in [5, 5.41) is 4.61. The van der Waals surface area contributed by atoms with Crippen LogP contribution < -0.4 is 5.73 Å². The van der Waals surface area contributed by atoms with E-state index < -0.39 is 0 Å². The van der Waals surface area contributed by atoms with Crippen molar-refractivity contribution < 1.29 is 0 Å². The summed E-state index contributed by atoms with van der Waals surface area (Å²) in [6.45, 7) is 1.42. The maximum atomic E-state index is 5.62. The normalized spacial score (nSPS) is 15.1. The van der Waals surface area contributed by atoms with Crippen LogP contribution in [0.2, 0.25) is 0 Å². The molecule has 1 aliphatic rings. The molecule has 0 unspecified atom stereocenters. The molecule has 0 aromatic carbocycles. The average molecular weight is 228 g/mol. The van der Waals surface area contributed by atoms with E-state index in [0.29, 0.717) is 12.5 Å². The minimum absolute atomic E-state index is 0.628. The molecule has 0 amide bonds. The van der Waals surface area contributed by atoms with Gasteiger partial charge >= 0.3 is 0 Å². The van der Waals surface area contributed by atoms with Crippen molar-refractivity contribution in [3.63, 3.8) is 0 Å². The fraction of sp³-hybridized carbons (Fsp3) is 0.385. The molecule has 2 heterocycles. The van der Waals surface area contributed by atoms with Crippen LogP contribution in [0.15, 0.2) is 30.5 Å². The first-order chi connectivity index (χ1) is 8.38. The number of pyridine rings is 1. The molecule has 1 aliphatic carbocycles. The smallest absolute Gasteiger partial charge is 0.111 e. The molecule has 1 saturated carbocycles. The van der Waals surface area contributed by atoms with E-state index in [1.807, 2.05) is 22.9 Å². The fourth-order valence-corrected chi connectivity index (χ4v) is 2.08. The van der Waals surface area contributed by atoms with Crippen LogP contribution in [0.4, 0.5) is 0 Å². The number of nitrogens with zero attached hydrogens (tertiary/aromatic N) is 3. The Morgan fingerprint density at radius 3 is 2.82 bits per heavy atom. The van der Waals surface area contributed by atoms with Gasteiger partial charge in [0.2, 0.25) is 0 Å². The molecule has 0 saturated heterocycles. The lowest BCUT2D eigenvalue weighted by Crippen LogP contribution is -2.13. The zero-order chi connectivity index (χ0) is 11.7. The zero-order valence-corrected chi connectivity index (χ0v) is 9.71. The second kappa shape index (κ2) is 4.30. The highest BCUT2D eigenvalue weighted by Crippen LogP contribution is 2.41. The van der Waals surface area contributed by atoms with Crippen molar-refractivity contribution in [3.8, 4) is 11.4 Å². The maximum absolute atomic E-state index is 5.62. The summed E-state index contributed by atoms with van der Waals surface area (Å²) < 4.78 is 2.04. The summed E-state index contributed by atoms with van der Waals surface area (Å²) >= 11 is 0. The lowest BCUT2D eigenvalue weighted by Gasteiger charge is -2.03. The van der Waals surface area contributed by atoms with Gasteiger partial charge in [0.15, 0.2) is 0 Å². The van der Waals surface area contributed by atoms with Crippen molar-refractivity contribution in [2.45, 2.75) is 25.3 Å². The van der Waals surface area contributed by atoms with Crippen molar-refractivity contribution in [1.82, 2.24) is 14.8 Å². The summed E-state index contributed by atoms with van der Waals surface area (Å²) in [6.07, 6.45) is 4.35. The van der Waals surface area contributed by atoms with Crippen molar-refractivity contribution in [2.75, 3.05) is 6.54 Å². The summed E-state index contributed by atoms with van der Waals surface area (Å²) in [5.74, 6) is 0.687. The molecule has 4 heteroatoms. The van der Waals surface area contributed by atoms with Crippen LogP contribution >= 0.6 is 0 Å². The van der Waals surface area contributed by atoms with E-state index in [4.69, 9.17) is 5.73 Å². The van der Waals surface area contributed by atoms with E-state index in [2.05, 4.69) is 16.1 Å². The fourth-order valence-electron chi connectivity index (χ4n) is 2.08. The van der Waals surface area contributed by atoms with E-state index in [-0.39, 0.29) is 0 Å². The Hall–Kier alpha value is -1.68. The average Bonchev–Trinajstić information content (AvgIpc) is 3.13. The molecule has 0 atom stereocenters. The van der Waals surface area contributed by atoms with Crippen LogP contribution in [0.25, 0.3) is 11.4 Å². The molecule has 2 aromatic heterocycles. The summed E-state index contributed by atoms with van der Waals surface area (Å²) in [4.78, 5) is 4.34. The zero-order valence-electron chi connectivity index (χ0n) is 9.71. The molecule has 4 nitrogen and oxygen atoms in total. The molecule has 0 aliphatic heterocycles. The van der Waals surface area contributed by atoms with Gasteiger partial charge in [-0.2, -0.15) is 5.10 Å². The highest BCUT2D eigenvalue weighted by molar-refractivity contribution is 5.54. The van der Waals surface area contributed by atoms with Gasteiger partial charge in [-0.05, 0) is 31.0 Å². The minimum Gasteiger partial charge on any atom is -0.329 e. The van der Waals surface area contributed by atoms with E-state index in [9.17, 15) is 0 Å². The van der Waals surface area contributed by atoms with Crippen LogP contribution in [0.3, 0.4) is 0 Å². The van der Waals surface area contributed by atoms with Crippen LogP contribution in [0.5, 0.6) is 0 Å². The second-order valence-corrected chi connectivity index (χ2v) is 4.46. The van der Waals surface area contributed by atoms with Gasteiger partial charge < -0.3 is 5.73 Å². The van der Waals surface area contributed by atoms with Gasteiger partial charge in [0.05, 0.1) is 12.2 Å². The lowest BCUT2D eigenvalue weighted by molar-refractivity contribution is 0.596. The quantitative estimate of drug-likeness (QED) is 0.867. The predicted molar refractivity (Wildman–Crippen MR) is 66.5 cm³/mol. The Morgan fingerprint density at radius 2 is 2.18 bits per heavy atom. The van der Waals surface area contributed by atoms with Gasteiger partial charge in [-0.15, -0.1) is 0 Å². The summed E-state index contributed by atoms with van der Waals surface area (Å²) in [7, 11) is 0.